The summed E-state index contributed by atoms with van der Waals surface area (Å²) in [7, 11) is 0. The summed E-state index contributed by atoms with van der Waals surface area (Å²) in [6.07, 6.45) is 9.17. The van der Waals surface area contributed by atoms with Gasteiger partial charge in [-0.1, -0.05) is 33.6 Å². The minimum absolute atomic E-state index is 0.0557. The molecule has 4 heteroatoms. The van der Waals surface area contributed by atoms with Gasteiger partial charge in [0.1, 0.15) is 0 Å². The minimum atomic E-state index is 0.0557. The molecule has 2 rings (SSSR count). The smallest absolute Gasteiger partial charge is 0.225 e. The number of nitrogens with one attached hydrogen (secondary N) is 2. The van der Waals surface area contributed by atoms with Crippen molar-refractivity contribution in [2.75, 3.05) is 18.4 Å². The molecular formula is C18H25BrN2O. The van der Waals surface area contributed by atoms with Gasteiger partial charge in [-0.05, 0) is 63.3 Å². The van der Waals surface area contributed by atoms with Gasteiger partial charge in [-0.15, -0.1) is 0 Å². The fraction of sp³-hybridized carbons (Fsp3) is 0.500. The van der Waals surface area contributed by atoms with E-state index in [4.69, 9.17) is 0 Å². The molecule has 0 spiro atoms. The molecule has 22 heavy (non-hydrogen) atoms. The number of carbonyl (C=O) groups is 1. The normalized spacial score (nSPS) is 14.5. The molecule has 0 saturated heterocycles. The third kappa shape index (κ3) is 5.93. The van der Waals surface area contributed by atoms with Gasteiger partial charge in [0.05, 0.1) is 0 Å². The molecule has 0 heterocycles. The van der Waals surface area contributed by atoms with E-state index in [0.717, 1.165) is 35.2 Å². The Morgan fingerprint density at radius 3 is 2.86 bits per heavy atom. The number of rotatable bonds is 7. The second kappa shape index (κ2) is 9.11. The Hall–Kier alpha value is -1.13. The van der Waals surface area contributed by atoms with E-state index in [9.17, 15) is 4.79 Å². The number of hydrogen-bond donors (Lipinski definition) is 2. The third-order valence-corrected chi connectivity index (χ3v) is 4.85. The van der Waals surface area contributed by atoms with Crippen molar-refractivity contribution in [2.45, 2.75) is 45.4 Å². The van der Waals surface area contributed by atoms with Crippen LogP contribution in [0.4, 0.5) is 5.69 Å². The Labute approximate surface area is 141 Å². The first-order valence-corrected chi connectivity index (χ1v) is 8.89. The van der Waals surface area contributed by atoms with Gasteiger partial charge in [-0.25, -0.2) is 0 Å². The van der Waals surface area contributed by atoms with Crippen molar-refractivity contribution in [1.82, 2.24) is 5.32 Å². The topological polar surface area (TPSA) is 41.1 Å². The molecule has 1 aromatic carbocycles. The lowest BCUT2D eigenvalue weighted by Gasteiger charge is -2.13. The molecule has 1 aliphatic carbocycles. The van der Waals surface area contributed by atoms with Crippen molar-refractivity contribution in [3.05, 3.63) is 39.9 Å². The van der Waals surface area contributed by atoms with Gasteiger partial charge in [0.15, 0.2) is 0 Å². The first-order chi connectivity index (χ1) is 10.6. The number of allylic oxidation sites excluding steroid dienone is 1. The maximum absolute atomic E-state index is 11.9. The highest BCUT2D eigenvalue weighted by Crippen LogP contribution is 2.21. The second-order valence-electron chi connectivity index (χ2n) is 5.87. The van der Waals surface area contributed by atoms with Crippen LogP contribution in [-0.2, 0) is 4.79 Å². The van der Waals surface area contributed by atoms with E-state index in [1.54, 1.807) is 5.57 Å². The molecule has 0 fully saturated rings. The van der Waals surface area contributed by atoms with Crippen LogP contribution in [0.3, 0.4) is 0 Å². The second-order valence-corrected chi connectivity index (χ2v) is 6.72. The lowest BCUT2D eigenvalue weighted by atomic mass is 9.97. The fourth-order valence-electron chi connectivity index (χ4n) is 2.60. The van der Waals surface area contributed by atoms with Gasteiger partial charge in [-0.2, -0.15) is 0 Å². The SMILES string of the molecule is Cc1ccc(NC(=O)CCNCCC2=CCCCC2)cc1Br. The maximum Gasteiger partial charge on any atom is 0.225 e. The Bertz CT molecular complexity index is 540. The van der Waals surface area contributed by atoms with Gasteiger partial charge in [0, 0.05) is 23.1 Å². The molecule has 0 aliphatic heterocycles. The highest BCUT2D eigenvalue weighted by Gasteiger charge is 2.05. The summed E-state index contributed by atoms with van der Waals surface area (Å²) in [6.45, 7) is 3.72. The monoisotopic (exact) mass is 364 g/mol. The first-order valence-electron chi connectivity index (χ1n) is 8.10. The summed E-state index contributed by atoms with van der Waals surface area (Å²) in [4.78, 5) is 11.9. The molecule has 0 radical (unpaired) electrons. The van der Waals surface area contributed by atoms with Crippen molar-refractivity contribution in [1.29, 1.82) is 0 Å². The number of aryl methyl sites for hydroxylation is 1. The van der Waals surface area contributed by atoms with Gasteiger partial charge < -0.3 is 10.6 Å². The van der Waals surface area contributed by atoms with Crippen molar-refractivity contribution < 1.29 is 4.79 Å². The van der Waals surface area contributed by atoms with E-state index in [0.29, 0.717) is 6.42 Å². The molecule has 120 valence electrons. The number of benzene rings is 1. The summed E-state index contributed by atoms with van der Waals surface area (Å²) in [5.74, 6) is 0.0557. The van der Waals surface area contributed by atoms with Crippen LogP contribution in [0.1, 0.15) is 44.1 Å². The molecule has 1 aliphatic rings. The number of carbonyl (C=O) groups excluding carboxylic acids is 1. The number of hydrogen-bond acceptors (Lipinski definition) is 2. The predicted molar refractivity (Wildman–Crippen MR) is 96.2 cm³/mol. The van der Waals surface area contributed by atoms with E-state index in [1.165, 1.54) is 25.7 Å². The van der Waals surface area contributed by atoms with Crippen LogP contribution in [0.15, 0.2) is 34.3 Å². The molecular weight excluding hydrogens is 340 g/mol. The fourth-order valence-corrected chi connectivity index (χ4v) is 2.98. The minimum Gasteiger partial charge on any atom is -0.326 e. The van der Waals surface area contributed by atoms with Gasteiger partial charge in [0.25, 0.3) is 0 Å². The zero-order valence-corrected chi connectivity index (χ0v) is 14.8. The zero-order valence-electron chi connectivity index (χ0n) is 13.3. The molecule has 0 bridgehead atoms. The average Bonchev–Trinajstić information content (AvgIpc) is 2.52. The molecule has 0 aromatic heterocycles. The van der Waals surface area contributed by atoms with Gasteiger partial charge in [0.2, 0.25) is 5.91 Å². The van der Waals surface area contributed by atoms with E-state index in [-0.39, 0.29) is 5.91 Å². The van der Waals surface area contributed by atoms with Crippen molar-refractivity contribution in [3.8, 4) is 0 Å². The molecule has 1 aromatic rings. The zero-order chi connectivity index (χ0) is 15.8. The summed E-state index contributed by atoms with van der Waals surface area (Å²) in [5, 5.41) is 6.29. The first kappa shape index (κ1) is 17.2. The summed E-state index contributed by atoms with van der Waals surface area (Å²) in [6, 6.07) is 5.87. The maximum atomic E-state index is 11.9. The van der Waals surface area contributed by atoms with Gasteiger partial charge >= 0.3 is 0 Å². The van der Waals surface area contributed by atoms with Crippen LogP contribution in [-0.4, -0.2) is 19.0 Å². The number of anilines is 1. The lowest BCUT2D eigenvalue weighted by molar-refractivity contribution is -0.116. The molecule has 1 amide bonds. The van der Waals surface area contributed by atoms with Crippen LogP contribution in [0, 0.1) is 6.92 Å². The average molecular weight is 365 g/mol. The number of amides is 1. The van der Waals surface area contributed by atoms with Crippen molar-refractivity contribution in [3.63, 3.8) is 0 Å². The van der Waals surface area contributed by atoms with Crippen molar-refractivity contribution >= 4 is 27.5 Å². The Morgan fingerprint density at radius 2 is 2.14 bits per heavy atom. The highest BCUT2D eigenvalue weighted by molar-refractivity contribution is 9.10. The van der Waals surface area contributed by atoms with E-state index in [1.807, 2.05) is 25.1 Å². The van der Waals surface area contributed by atoms with Crippen LogP contribution in [0.2, 0.25) is 0 Å². The van der Waals surface area contributed by atoms with Crippen LogP contribution < -0.4 is 10.6 Å². The summed E-state index contributed by atoms with van der Waals surface area (Å²) in [5.41, 5.74) is 3.58. The molecule has 2 N–H and O–H groups in total. The van der Waals surface area contributed by atoms with E-state index >= 15 is 0 Å². The Morgan fingerprint density at radius 1 is 1.27 bits per heavy atom. The van der Waals surface area contributed by atoms with E-state index < -0.39 is 0 Å². The number of halogens is 1. The molecule has 0 saturated carbocycles. The standard InChI is InChI=1S/C18H25BrN2O/c1-14-7-8-16(13-17(14)19)21-18(22)10-12-20-11-9-15-5-3-2-4-6-15/h5,7-8,13,20H,2-4,6,9-12H2,1H3,(H,21,22). The highest BCUT2D eigenvalue weighted by atomic mass is 79.9. The summed E-state index contributed by atoms with van der Waals surface area (Å²) >= 11 is 3.48. The predicted octanol–water partition coefficient (Wildman–Crippen LogP) is 4.57. The van der Waals surface area contributed by atoms with Gasteiger partial charge in [-0.3, -0.25) is 4.79 Å². The largest absolute Gasteiger partial charge is 0.326 e. The van der Waals surface area contributed by atoms with Crippen molar-refractivity contribution in [2.24, 2.45) is 0 Å². The Balaban J connectivity index is 1.61. The quantitative estimate of drug-likeness (QED) is 0.549. The molecule has 3 nitrogen and oxygen atoms in total. The lowest BCUT2D eigenvalue weighted by Crippen LogP contribution is -2.23. The van der Waals surface area contributed by atoms with Crippen LogP contribution in [0.25, 0.3) is 0 Å². The summed E-state index contributed by atoms with van der Waals surface area (Å²) < 4.78 is 1.02. The van der Waals surface area contributed by atoms with Crippen LogP contribution in [0.5, 0.6) is 0 Å². The Kier molecular flexibility index (Phi) is 7.13. The van der Waals surface area contributed by atoms with E-state index in [2.05, 4.69) is 32.6 Å². The van der Waals surface area contributed by atoms with Crippen LogP contribution >= 0.6 is 15.9 Å². The third-order valence-electron chi connectivity index (χ3n) is 3.99. The molecule has 0 unspecified atom stereocenters. The molecule has 0 atom stereocenters.